The van der Waals surface area contributed by atoms with Crippen LogP contribution in [0.3, 0.4) is 0 Å². The normalized spacial score (nSPS) is 11.1. The Morgan fingerprint density at radius 1 is 1.14 bits per heavy atom. The lowest BCUT2D eigenvalue weighted by Gasteiger charge is -2.11. The van der Waals surface area contributed by atoms with E-state index in [0.29, 0.717) is 13.1 Å². The first kappa shape index (κ1) is 18.9. The molecule has 0 aliphatic carbocycles. The molecule has 0 aliphatic heterocycles. The summed E-state index contributed by atoms with van der Waals surface area (Å²) in [5, 5.41) is 8.29. The fraction of sp³-hybridized carbons (Fsp3) is 0.227. The summed E-state index contributed by atoms with van der Waals surface area (Å²) in [4.78, 5) is 17.1. The predicted molar refractivity (Wildman–Crippen MR) is 110 cm³/mol. The average molecular weight is 391 g/mol. The number of nitrogens with one attached hydrogen (secondary N) is 1. The third kappa shape index (κ3) is 4.03. The molecule has 148 valence electrons. The van der Waals surface area contributed by atoms with Crippen molar-refractivity contribution in [2.45, 2.75) is 26.9 Å². The Morgan fingerprint density at radius 3 is 2.66 bits per heavy atom. The van der Waals surface area contributed by atoms with Gasteiger partial charge in [0.25, 0.3) is 0 Å². The Balaban J connectivity index is 1.53. The molecule has 4 aromatic rings. The topological polar surface area (TPSA) is 64.7 Å². The molecule has 3 aromatic heterocycles. The number of aryl methyl sites for hydroxylation is 2. The van der Waals surface area contributed by atoms with Crippen LogP contribution in [-0.4, -0.2) is 31.8 Å². The van der Waals surface area contributed by atoms with E-state index in [1.807, 2.05) is 47.4 Å². The lowest BCUT2D eigenvalue weighted by Crippen LogP contribution is -2.31. The Hall–Kier alpha value is -3.48. The van der Waals surface area contributed by atoms with Gasteiger partial charge in [-0.3, -0.25) is 9.48 Å². The van der Waals surface area contributed by atoms with Crippen molar-refractivity contribution in [3.63, 3.8) is 0 Å². The van der Waals surface area contributed by atoms with Gasteiger partial charge in [0.1, 0.15) is 18.0 Å². The number of carbonyl (C=O) groups excluding carboxylic acids is 1. The van der Waals surface area contributed by atoms with Crippen LogP contribution >= 0.6 is 0 Å². The molecule has 7 heteroatoms. The molecule has 0 spiro atoms. The van der Waals surface area contributed by atoms with Crippen molar-refractivity contribution < 1.29 is 9.18 Å². The molecular formula is C22H22FN5O. The fourth-order valence-corrected chi connectivity index (χ4v) is 3.51. The van der Waals surface area contributed by atoms with Crippen LogP contribution < -0.4 is 5.32 Å². The number of nitrogens with zero attached hydrogens (tertiary/aromatic N) is 4. The van der Waals surface area contributed by atoms with Crippen LogP contribution in [0.2, 0.25) is 0 Å². The van der Waals surface area contributed by atoms with Gasteiger partial charge in [0.15, 0.2) is 0 Å². The van der Waals surface area contributed by atoms with Crippen LogP contribution in [0.15, 0.2) is 54.7 Å². The smallest absolute Gasteiger partial charge is 0.240 e. The number of benzene rings is 1. The van der Waals surface area contributed by atoms with Crippen LogP contribution in [0.25, 0.3) is 22.3 Å². The van der Waals surface area contributed by atoms with Crippen molar-refractivity contribution >= 4 is 16.9 Å². The van der Waals surface area contributed by atoms with Crippen LogP contribution in [0, 0.1) is 19.7 Å². The zero-order valence-electron chi connectivity index (χ0n) is 16.4. The number of aromatic nitrogens is 4. The van der Waals surface area contributed by atoms with Crippen LogP contribution in [0.1, 0.15) is 11.4 Å². The zero-order valence-corrected chi connectivity index (χ0v) is 16.4. The summed E-state index contributed by atoms with van der Waals surface area (Å²) >= 11 is 0. The van der Waals surface area contributed by atoms with Crippen LogP contribution in [0.5, 0.6) is 0 Å². The minimum atomic E-state index is -0.295. The van der Waals surface area contributed by atoms with Gasteiger partial charge in [-0.1, -0.05) is 0 Å². The molecule has 0 radical (unpaired) electrons. The summed E-state index contributed by atoms with van der Waals surface area (Å²) in [6.07, 6.45) is 1.70. The predicted octanol–water partition coefficient (Wildman–Crippen LogP) is 3.47. The fourth-order valence-electron chi connectivity index (χ4n) is 3.51. The van der Waals surface area contributed by atoms with E-state index in [9.17, 15) is 9.18 Å². The first-order valence-electron chi connectivity index (χ1n) is 9.49. The maximum Gasteiger partial charge on any atom is 0.240 e. The van der Waals surface area contributed by atoms with Crippen molar-refractivity contribution in [3.05, 3.63) is 71.9 Å². The summed E-state index contributed by atoms with van der Waals surface area (Å²) in [6.45, 7) is 5.17. The molecule has 1 aromatic carbocycles. The number of carbonyl (C=O) groups is 1. The van der Waals surface area contributed by atoms with Gasteiger partial charge in [0.05, 0.1) is 17.9 Å². The van der Waals surface area contributed by atoms with Gasteiger partial charge >= 0.3 is 0 Å². The van der Waals surface area contributed by atoms with Gasteiger partial charge in [-0.25, -0.2) is 9.37 Å². The van der Waals surface area contributed by atoms with Gasteiger partial charge in [-0.2, -0.15) is 5.10 Å². The van der Waals surface area contributed by atoms with Crippen LogP contribution in [-0.2, 0) is 17.9 Å². The quantitative estimate of drug-likeness (QED) is 0.547. The van der Waals surface area contributed by atoms with E-state index in [1.165, 1.54) is 12.1 Å². The van der Waals surface area contributed by atoms with E-state index in [1.54, 1.807) is 18.3 Å². The minimum absolute atomic E-state index is 0.113. The van der Waals surface area contributed by atoms with Crippen molar-refractivity contribution in [2.24, 2.45) is 0 Å². The number of pyridine rings is 1. The van der Waals surface area contributed by atoms with E-state index in [4.69, 9.17) is 0 Å². The van der Waals surface area contributed by atoms with E-state index < -0.39 is 0 Å². The summed E-state index contributed by atoms with van der Waals surface area (Å²) < 4.78 is 17.1. The summed E-state index contributed by atoms with van der Waals surface area (Å²) in [6, 6.07) is 14.0. The molecule has 1 N–H and O–H groups in total. The molecule has 0 saturated carbocycles. The van der Waals surface area contributed by atoms with Crippen LogP contribution in [0.4, 0.5) is 4.39 Å². The maximum atomic E-state index is 13.3. The largest absolute Gasteiger partial charge is 0.353 e. The van der Waals surface area contributed by atoms with Gasteiger partial charge in [0, 0.05) is 23.8 Å². The molecule has 4 rings (SSSR count). The maximum absolute atomic E-state index is 13.3. The molecule has 0 fully saturated rings. The molecule has 0 unspecified atom stereocenters. The minimum Gasteiger partial charge on any atom is -0.353 e. The second kappa shape index (κ2) is 7.87. The Bertz CT molecular complexity index is 1160. The van der Waals surface area contributed by atoms with Crippen molar-refractivity contribution in [3.8, 4) is 11.3 Å². The first-order valence-corrected chi connectivity index (χ1v) is 9.49. The highest BCUT2D eigenvalue weighted by Crippen LogP contribution is 2.27. The monoisotopic (exact) mass is 391 g/mol. The molecule has 0 atom stereocenters. The van der Waals surface area contributed by atoms with Gasteiger partial charge < -0.3 is 9.88 Å². The standard InChI is InChI=1S/C22H22FN5O/c1-15-12-16(2)28(26-15)11-10-24-21(29)14-27-20(17-5-7-19(23)8-6-17)13-18-4-3-9-25-22(18)27/h3-9,12-13H,10-11,14H2,1-2H3,(H,24,29). The highest BCUT2D eigenvalue weighted by atomic mass is 19.1. The SMILES string of the molecule is Cc1cc(C)n(CCNC(=O)Cn2c(-c3ccc(F)cc3)cc3cccnc32)n1. The number of hydrogen-bond donors (Lipinski definition) is 1. The van der Waals surface area contributed by atoms with E-state index in [0.717, 1.165) is 33.7 Å². The molecule has 0 aliphatic rings. The first-order chi connectivity index (χ1) is 14.0. The van der Waals surface area contributed by atoms with E-state index in [-0.39, 0.29) is 18.3 Å². The van der Waals surface area contributed by atoms with Gasteiger partial charge in [-0.05, 0) is 67.9 Å². The molecule has 6 nitrogen and oxygen atoms in total. The summed E-state index contributed by atoms with van der Waals surface area (Å²) in [7, 11) is 0. The highest BCUT2D eigenvalue weighted by Gasteiger charge is 2.14. The second-order valence-electron chi connectivity index (χ2n) is 7.04. The van der Waals surface area contributed by atoms with Crippen molar-refractivity contribution in [1.82, 2.24) is 24.6 Å². The molecule has 0 bridgehead atoms. The van der Waals surface area contributed by atoms with E-state index in [2.05, 4.69) is 15.4 Å². The average Bonchev–Trinajstić information content (AvgIpc) is 3.22. The highest BCUT2D eigenvalue weighted by molar-refractivity contribution is 5.87. The Labute approximate surface area is 168 Å². The number of rotatable bonds is 6. The number of amides is 1. The van der Waals surface area contributed by atoms with Gasteiger partial charge in [-0.15, -0.1) is 0 Å². The zero-order chi connectivity index (χ0) is 20.4. The summed E-state index contributed by atoms with van der Waals surface area (Å²) in [5.41, 5.74) is 4.41. The third-order valence-electron chi connectivity index (χ3n) is 4.85. The lowest BCUT2D eigenvalue weighted by atomic mass is 10.1. The number of fused-ring (bicyclic) bond motifs is 1. The molecular weight excluding hydrogens is 369 g/mol. The van der Waals surface area contributed by atoms with E-state index >= 15 is 0 Å². The molecule has 3 heterocycles. The Morgan fingerprint density at radius 2 is 1.93 bits per heavy atom. The summed E-state index contributed by atoms with van der Waals surface area (Å²) in [5.74, 6) is -0.408. The third-order valence-corrected chi connectivity index (χ3v) is 4.85. The van der Waals surface area contributed by atoms with Gasteiger partial charge in [0.2, 0.25) is 5.91 Å². The molecule has 0 saturated heterocycles. The number of halogens is 1. The lowest BCUT2D eigenvalue weighted by molar-refractivity contribution is -0.121. The second-order valence-corrected chi connectivity index (χ2v) is 7.04. The Kier molecular flexibility index (Phi) is 5.12. The molecule has 1 amide bonds. The van der Waals surface area contributed by atoms with Crippen molar-refractivity contribution in [1.29, 1.82) is 0 Å². The number of hydrogen-bond acceptors (Lipinski definition) is 3. The molecule has 29 heavy (non-hydrogen) atoms. The van der Waals surface area contributed by atoms with Crippen molar-refractivity contribution in [2.75, 3.05) is 6.54 Å².